The highest BCUT2D eigenvalue weighted by Crippen LogP contribution is 2.27. The number of rotatable bonds is 1. The van der Waals surface area contributed by atoms with Gasteiger partial charge in [0, 0.05) is 18.7 Å². The topological polar surface area (TPSA) is 49.4 Å². The van der Waals surface area contributed by atoms with Crippen LogP contribution in [0.25, 0.3) is 0 Å². The molecule has 4 nitrogen and oxygen atoms in total. The highest BCUT2D eigenvalue weighted by atomic mass is 16.2. The summed E-state index contributed by atoms with van der Waals surface area (Å²) in [6.45, 7) is 9.12. The average molecular weight is 274 g/mol. The van der Waals surface area contributed by atoms with Gasteiger partial charge in [-0.3, -0.25) is 9.59 Å². The standard InChI is InChI=1S/C16H22N2O2/c1-11-14(19)17-9-10-18(11)15(20)12-7-5-6-8-13(12)16(2,3)4/h5-8,11H,9-10H2,1-4H3,(H,17,19). The van der Waals surface area contributed by atoms with Crippen molar-refractivity contribution < 1.29 is 9.59 Å². The van der Waals surface area contributed by atoms with E-state index in [2.05, 4.69) is 26.1 Å². The third-order valence-corrected chi connectivity index (χ3v) is 3.73. The molecule has 1 fully saturated rings. The van der Waals surface area contributed by atoms with Gasteiger partial charge in [-0.25, -0.2) is 0 Å². The normalized spacial score (nSPS) is 19.7. The molecule has 0 radical (unpaired) electrons. The molecular weight excluding hydrogens is 252 g/mol. The van der Waals surface area contributed by atoms with Crippen LogP contribution in [0.4, 0.5) is 0 Å². The Morgan fingerprint density at radius 2 is 1.95 bits per heavy atom. The fourth-order valence-corrected chi connectivity index (χ4v) is 2.54. The van der Waals surface area contributed by atoms with E-state index in [1.165, 1.54) is 0 Å². The second kappa shape index (κ2) is 5.27. The lowest BCUT2D eigenvalue weighted by molar-refractivity contribution is -0.127. The molecular formula is C16H22N2O2. The van der Waals surface area contributed by atoms with Crippen molar-refractivity contribution >= 4 is 11.8 Å². The fourth-order valence-electron chi connectivity index (χ4n) is 2.54. The SMILES string of the molecule is CC1C(=O)NCCN1C(=O)c1ccccc1C(C)(C)C. The molecule has 1 aliphatic rings. The van der Waals surface area contributed by atoms with Crippen LogP contribution in [-0.2, 0) is 10.2 Å². The molecule has 2 rings (SSSR count). The maximum absolute atomic E-state index is 12.8. The number of carbonyl (C=O) groups is 2. The molecule has 1 heterocycles. The molecule has 0 saturated carbocycles. The van der Waals surface area contributed by atoms with E-state index in [0.717, 1.165) is 5.56 Å². The smallest absolute Gasteiger partial charge is 0.254 e. The molecule has 1 aromatic rings. The Morgan fingerprint density at radius 3 is 2.60 bits per heavy atom. The second-order valence-corrected chi connectivity index (χ2v) is 6.26. The van der Waals surface area contributed by atoms with Gasteiger partial charge in [0.25, 0.3) is 5.91 Å². The first-order chi connectivity index (χ1) is 9.32. The highest BCUT2D eigenvalue weighted by molar-refractivity contribution is 5.99. The summed E-state index contributed by atoms with van der Waals surface area (Å²) in [5.41, 5.74) is 1.61. The van der Waals surface area contributed by atoms with E-state index in [1.54, 1.807) is 11.8 Å². The summed E-state index contributed by atoms with van der Waals surface area (Å²) < 4.78 is 0. The summed E-state index contributed by atoms with van der Waals surface area (Å²) in [5.74, 6) is -0.143. The summed E-state index contributed by atoms with van der Waals surface area (Å²) >= 11 is 0. The number of benzene rings is 1. The molecule has 0 aromatic heterocycles. The Kier molecular flexibility index (Phi) is 3.84. The van der Waals surface area contributed by atoms with Crippen molar-refractivity contribution in [3.8, 4) is 0 Å². The van der Waals surface area contributed by atoms with Gasteiger partial charge < -0.3 is 10.2 Å². The zero-order valence-corrected chi connectivity index (χ0v) is 12.6. The van der Waals surface area contributed by atoms with Crippen LogP contribution in [0.15, 0.2) is 24.3 Å². The van der Waals surface area contributed by atoms with Crippen LogP contribution < -0.4 is 5.32 Å². The minimum absolute atomic E-state index is 0.0575. The quantitative estimate of drug-likeness (QED) is 0.851. The van der Waals surface area contributed by atoms with E-state index in [4.69, 9.17) is 0 Å². The Bertz CT molecular complexity index is 532. The molecule has 108 valence electrons. The van der Waals surface area contributed by atoms with Crippen LogP contribution in [0.1, 0.15) is 43.6 Å². The Morgan fingerprint density at radius 1 is 1.30 bits per heavy atom. The predicted molar refractivity (Wildman–Crippen MR) is 78.7 cm³/mol. The maximum atomic E-state index is 12.8. The van der Waals surface area contributed by atoms with Crippen LogP contribution in [0.3, 0.4) is 0 Å². The first-order valence-corrected chi connectivity index (χ1v) is 7.00. The number of nitrogens with zero attached hydrogens (tertiary/aromatic N) is 1. The van der Waals surface area contributed by atoms with E-state index in [1.807, 2.05) is 24.3 Å². The summed E-state index contributed by atoms with van der Waals surface area (Å²) in [6, 6.07) is 7.24. The lowest BCUT2D eigenvalue weighted by Gasteiger charge is -2.34. The molecule has 2 amide bonds. The number of hydrogen-bond acceptors (Lipinski definition) is 2. The van der Waals surface area contributed by atoms with Crippen molar-refractivity contribution in [2.24, 2.45) is 0 Å². The largest absolute Gasteiger partial charge is 0.353 e. The van der Waals surface area contributed by atoms with Crippen LogP contribution in [0.2, 0.25) is 0 Å². The number of nitrogens with one attached hydrogen (secondary N) is 1. The summed E-state index contributed by atoms with van der Waals surface area (Å²) in [7, 11) is 0. The van der Waals surface area contributed by atoms with Crippen molar-refractivity contribution in [2.45, 2.75) is 39.2 Å². The number of carbonyl (C=O) groups excluding carboxylic acids is 2. The summed E-state index contributed by atoms with van der Waals surface area (Å²) in [6.07, 6.45) is 0. The van der Waals surface area contributed by atoms with Crippen molar-refractivity contribution in [1.82, 2.24) is 10.2 Å². The molecule has 0 spiro atoms. The minimum Gasteiger partial charge on any atom is -0.353 e. The summed E-state index contributed by atoms with van der Waals surface area (Å²) in [4.78, 5) is 26.1. The highest BCUT2D eigenvalue weighted by Gasteiger charge is 2.32. The second-order valence-electron chi connectivity index (χ2n) is 6.26. The molecule has 0 bridgehead atoms. The van der Waals surface area contributed by atoms with Crippen molar-refractivity contribution in [2.75, 3.05) is 13.1 Å². The molecule has 1 atom stereocenters. The van der Waals surface area contributed by atoms with Crippen LogP contribution in [0.5, 0.6) is 0 Å². The van der Waals surface area contributed by atoms with Gasteiger partial charge in [-0.05, 0) is 24.0 Å². The van der Waals surface area contributed by atoms with Gasteiger partial charge in [0.05, 0.1) is 0 Å². The van der Waals surface area contributed by atoms with E-state index < -0.39 is 6.04 Å². The van der Waals surface area contributed by atoms with Gasteiger partial charge in [0.2, 0.25) is 5.91 Å². The van der Waals surface area contributed by atoms with Crippen LogP contribution in [-0.4, -0.2) is 35.8 Å². The fraction of sp³-hybridized carbons (Fsp3) is 0.500. The summed E-state index contributed by atoms with van der Waals surface area (Å²) in [5, 5.41) is 2.78. The van der Waals surface area contributed by atoms with Gasteiger partial charge in [0.1, 0.15) is 6.04 Å². The predicted octanol–water partition coefficient (Wildman–Crippen LogP) is 1.94. The monoisotopic (exact) mass is 274 g/mol. The van der Waals surface area contributed by atoms with Gasteiger partial charge in [-0.1, -0.05) is 39.0 Å². The number of piperazine rings is 1. The maximum Gasteiger partial charge on any atom is 0.254 e. The van der Waals surface area contributed by atoms with Gasteiger partial charge in [-0.2, -0.15) is 0 Å². The third kappa shape index (κ3) is 2.69. The van der Waals surface area contributed by atoms with E-state index in [9.17, 15) is 9.59 Å². The van der Waals surface area contributed by atoms with Crippen LogP contribution in [0, 0.1) is 0 Å². The molecule has 1 N–H and O–H groups in total. The lowest BCUT2D eigenvalue weighted by atomic mass is 9.83. The van der Waals surface area contributed by atoms with E-state index >= 15 is 0 Å². The van der Waals surface area contributed by atoms with Gasteiger partial charge >= 0.3 is 0 Å². The molecule has 4 heteroatoms. The van der Waals surface area contributed by atoms with Crippen LogP contribution >= 0.6 is 0 Å². The molecule has 1 saturated heterocycles. The zero-order chi connectivity index (χ0) is 14.9. The van der Waals surface area contributed by atoms with E-state index in [-0.39, 0.29) is 17.2 Å². The molecule has 0 aliphatic carbocycles. The van der Waals surface area contributed by atoms with Gasteiger partial charge in [0.15, 0.2) is 0 Å². The molecule has 1 aliphatic heterocycles. The Hall–Kier alpha value is -1.84. The van der Waals surface area contributed by atoms with E-state index in [0.29, 0.717) is 18.7 Å². The number of amides is 2. The molecule has 1 unspecified atom stereocenters. The average Bonchev–Trinajstić information content (AvgIpc) is 2.40. The zero-order valence-electron chi connectivity index (χ0n) is 12.6. The Labute approximate surface area is 120 Å². The Balaban J connectivity index is 2.37. The van der Waals surface area contributed by atoms with Crippen molar-refractivity contribution in [1.29, 1.82) is 0 Å². The first-order valence-electron chi connectivity index (χ1n) is 7.00. The van der Waals surface area contributed by atoms with Crippen molar-refractivity contribution in [3.05, 3.63) is 35.4 Å². The molecule has 1 aromatic carbocycles. The third-order valence-electron chi connectivity index (χ3n) is 3.73. The van der Waals surface area contributed by atoms with Gasteiger partial charge in [-0.15, -0.1) is 0 Å². The lowest BCUT2D eigenvalue weighted by Crippen LogP contribution is -2.56. The minimum atomic E-state index is -0.413. The number of hydrogen-bond donors (Lipinski definition) is 1. The molecule has 20 heavy (non-hydrogen) atoms. The van der Waals surface area contributed by atoms with Crippen molar-refractivity contribution in [3.63, 3.8) is 0 Å². The first kappa shape index (κ1) is 14.6.